The molecule has 1 atom stereocenters. The molecule has 4 aromatic rings. The predicted molar refractivity (Wildman–Crippen MR) is 124 cm³/mol. The highest BCUT2D eigenvalue weighted by atomic mass is 16.5. The lowest BCUT2D eigenvalue weighted by Gasteiger charge is -2.17. The molecule has 1 aliphatic rings. The molecule has 2 aromatic heterocycles. The maximum atomic E-state index is 13.1. The van der Waals surface area contributed by atoms with Crippen LogP contribution in [0.1, 0.15) is 54.3 Å². The van der Waals surface area contributed by atoms with Gasteiger partial charge in [0.25, 0.3) is 17.7 Å². The molecule has 0 fully saturated rings. The number of fused-ring (bicyclic) bond motifs is 1. The molecule has 36 heavy (non-hydrogen) atoms. The van der Waals surface area contributed by atoms with E-state index in [0.29, 0.717) is 17.1 Å². The van der Waals surface area contributed by atoms with E-state index < -0.39 is 29.8 Å². The number of furan rings is 1. The average molecular weight is 485 g/mol. The molecular weight excluding hydrogens is 466 g/mol. The first kappa shape index (κ1) is 22.8. The Kier molecular flexibility index (Phi) is 5.91. The molecule has 3 amide bonds. The highest BCUT2D eigenvalue weighted by Gasteiger charge is 2.37. The van der Waals surface area contributed by atoms with E-state index in [1.807, 2.05) is 0 Å². The average Bonchev–Trinajstić information content (AvgIpc) is 3.60. The number of hydrogen-bond acceptors (Lipinski definition) is 8. The van der Waals surface area contributed by atoms with Crippen LogP contribution in [0.2, 0.25) is 0 Å². The number of aromatic nitrogens is 1. The molecule has 1 aliphatic heterocycles. The van der Waals surface area contributed by atoms with Crippen LogP contribution >= 0.6 is 0 Å². The Balaban J connectivity index is 1.38. The van der Waals surface area contributed by atoms with Gasteiger partial charge in [0.05, 0.1) is 29.5 Å². The van der Waals surface area contributed by atoms with Gasteiger partial charge in [-0.15, -0.1) is 0 Å². The monoisotopic (exact) mass is 485 g/mol. The van der Waals surface area contributed by atoms with Crippen molar-refractivity contribution >= 4 is 29.5 Å². The number of esters is 1. The Bertz CT molecular complexity index is 1460. The Hall–Kier alpha value is -4.99. The van der Waals surface area contributed by atoms with Gasteiger partial charge in [-0.2, -0.15) is 0 Å². The zero-order valence-electron chi connectivity index (χ0n) is 19.0. The zero-order chi connectivity index (χ0) is 25.2. The van der Waals surface area contributed by atoms with Crippen molar-refractivity contribution in [2.45, 2.75) is 19.6 Å². The van der Waals surface area contributed by atoms with Gasteiger partial charge in [-0.25, -0.2) is 4.79 Å². The number of anilines is 1. The second-order valence-electron chi connectivity index (χ2n) is 8.04. The minimum Gasteiger partial charge on any atom is -0.467 e. The third-order valence-corrected chi connectivity index (χ3v) is 5.55. The van der Waals surface area contributed by atoms with E-state index >= 15 is 0 Å². The van der Waals surface area contributed by atoms with Crippen LogP contribution in [-0.2, 0) is 16.1 Å². The summed E-state index contributed by atoms with van der Waals surface area (Å²) in [6.07, 6.45) is 0.141. The number of nitrogens with zero attached hydrogens (tertiary/aromatic N) is 2. The number of rotatable bonds is 7. The maximum Gasteiger partial charge on any atom is 0.339 e. The SMILES string of the molecule is Cc1cc(NC(=O)C(OC(=O)c2ccc3c(c2)C(=O)N(Cc2ccco2)C3=O)c2ccccc2)no1. The van der Waals surface area contributed by atoms with Crippen LogP contribution in [0.3, 0.4) is 0 Å². The van der Waals surface area contributed by atoms with Gasteiger partial charge >= 0.3 is 5.97 Å². The largest absolute Gasteiger partial charge is 0.467 e. The van der Waals surface area contributed by atoms with Gasteiger partial charge in [0, 0.05) is 11.6 Å². The van der Waals surface area contributed by atoms with Gasteiger partial charge in [-0.3, -0.25) is 19.3 Å². The third kappa shape index (κ3) is 4.39. The number of carbonyl (C=O) groups is 4. The molecule has 0 bridgehead atoms. The smallest absolute Gasteiger partial charge is 0.339 e. The quantitative estimate of drug-likeness (QED) is 0.308. The van der Waals surface area contributed by atoms with Crippen LogP contribution in [0.5, 0.6) is 0 Å². The highest BCUT2D eigenvalue weighted by molar-refractivity contribution is 6.21. The fourth-order valence-corrected chi connectivity index (χ4v) is 3.81. The van der Waals surface area contributed by atoms with Crippen LogP contribution < -0.4 is 5.32 Å². The van der Waals surface area contributed by atoms with Crippen LogP contribution in [0.15, 0.2) is 81.9 Å². The van der Waals surface area contributed by atoms with Crippen molar-refractivity contribution < 1.29 is 32.9 Å². The first-order valence-electron chi connectivity index (χ1n) is 10.9. The lowest BCUT2D eigenvalue weighted by Crippen LogP contribution is -2.28. The summed E-state index contributed by atoms with van der Waals surface area (Å²) < 4.78 is 15.8. The van der Waals surface area contributed by atoms with Gasteiger partial charge in [-0.1, -0.05) is 35.5 Å². The molecular formula is C26H19N3O7. The number of amides is 3. The molecule has 10 heteroatoms. The van der Waals surface area contributed by atoms with Crippen molar-refractivity contribution in [3.8, 4) is 0 Å². The highest BCUT2D eigenvalue weighted by Crippen LogP contribution is 2.27. The van der Waals surface area contributed by atoms with E-state index in [1.165, 1.54) is 30.5 Å². The summed E-state index contributed by atoms with van der Waals surface area (Å²) in [5.74, 6) is -1.41. The second kappa shape index (κ2) is 9.34. The Morgan fingerprint density at radius 1 is 1.00 bits per heavy atom. The third-order valence-electron chi connectivity index (χ3n) is 5.55. The first-order valence-corrected chi connectivity index (χ1v) is 10.9. The fraction of sp³-hybridized carbons (Fsp3) is 0.115. The van der Waals surface area contributed by atoms with E-state index in [4.69, 9.17) is 13.7 Å². The first-order chi connectivity index (χ1) is 17.4. The molecule has 0 aliphatic carbocycles. The van der Waals surface area contributed by atoms with Crippen LogP contribution in [0, 0.1) is 6.92 Å². The molecule has 5 rings (SSSR count). The molecule has 1 N–H and O–H groups in total. The van der Waals surface area contributed by atoms with Crippen molar-refractivity contribution in [1.29, 1.82) is 0 Å². The molecule has 3 heterocycles. The van der Waals surface area contributed by atoms with Crippen LogP contribution in [-0.4, -0.2) is 33.7 Å². The van der Waals surface area contributed by atoms with Gasteiger partial charge in [-0.05, 0) is 37.3 Å². The zero-order valence-corrected chi connectivity index (χ0v) is 19.0. The fourth-order valence-electron chi connectivity index (χ4n) is 3.81. The summed E-state index contributed by atoms with van der Waals surface area (Å²) >= 11 is 0. The van der Waals surface area contributed by atoms with Crippen LogP contribution in [0.4, 0.5) is 5.82 Å². The molecule has 0 spiro atoms. The Morgan fingerprint density at radius 3 is 2.47 bits per heavy atom. The summed E-state index contributed by atoms with van der Waals surface area (Å²) in [7, 11) is 0. The summed E-state index contributed by atoms with van der Waals surface area (Å²) in [4.78, 5) is 52.7. The molecule has 0 radical (unpaired) electrons. The number of imide groups is 1. The Labute approximate surface area is 204 Å². The number of benzene rings is 2. The molecule has 0 saturated carbocycles. The Morgan fingerprint density at radius 2 is 1.78 bits per heavy atom. The van der Waals surface area contributed by atoms with E-state index in [9.17, 15) is 19.2 Å². The predicted octanol–water partition coefficient (Wildman–Crippen LogP) is 3.91. The number of nitrogens with one attached hydrogen (secondary N) is 1. The second-order valence-corrected chi connectivity index (χ2v) is 8.04. The van der Waals surface area contributed by atoms with Gasteiger partial charge in [0.2, 0.25) is 6.10 Å². The maximum absolute atomic E-state index is 13.1. The van der Waals surface area contributed by atoms with E-state index in [0.717, 1.165) is 4.90 Å². The molecule has 2 aromatic carbocycles. The van der Waals surface area contributed by atoms with E-state index in [-0.39, 0.29) is 29.1 Å². The summed E-state index contributed by atoms with van der Waals surface area (Å²) in [6, 6.07) is 17.4. The summed E-state index contributed by atoms with van der Waals surface area (Å²) in [6.45, 7) is 1.64. The normalized spacial score (nSPS) is 13.4. The molecule has 10 nitrogen and oxygen atoms in total. The minimum absolute atomic E-state index is 0.0146. The topological polar surface area (TPSA) is 132 Å². The lowest BCUT2D eigenvalue weighted by molar-refractivity contribution is -0.125. The van der Waals surface area contributed by atoms with E-state index in [2.05, 4.69) is 10.5 Å². The summed E-state index contributed by atoms with van der Waals surface area (Å²) in [5.41, 5.74) is 0.683. The standard InChI is InChI=1S/C26H19N3O7/c1-15-12-21(28-36-15)27-23(30)22(16-6-3-2-4-7-16)35-26(33)17-9-10-19-20(13-17)25(32)29(24(19)31)14-18-8-5-11-34-18/h2-13,22H,14H2,1H3,(H,27,28,30). The number of hydrogen-bond donors (Lipinski definition) is 1. The lowest BCUT2D eigenvalue weighted by atomic mass is 10.1. The molecule has 1 unspecified atom stereocenters. The number of carbonyl (C=O) groups excluding carboxylic acids is 4. The molecule has 180 valence electrons. The van der Waals surface area contributed by atoms with Crippen LogP contribution in [0.25, 0.3) is 0 Å². The van der Waals surface area contributed by atoms with Crippen molar-refractivity contribution in [3.05, 3.63) is 107 Å². The van der Waals surface area contributed by atoms with Gasteiger partial charge in [0.15, 0.2) is 5.82 Å². The van der Waals surface area contributed by atoms with Gasteiger partial charge < -0.3 is 19.0 Å². The van der Waals surface area contributed by atoms with Crippen molar-refractivity contribution in [3.63, 3.8) is 0 Å². The van der Waals surface area contributed by atoms with Crippen molar-refractivity contribution in [2.75, 3.05) is 5.32 Å². The number of ether oxygens (including phenoxy) is 1. The van der Waals surface area contributed by atoms with Crippen molar-refractivity contribution in [2.24, 2.45) is 0 Å². The summed E-state index contributed by atoms with van der Waals surface area (Å²) in [5, 5.41) is 6.29. The molecule has 0 saturated heterocycles. The van der Waals surface area contributed by atoms with Gasteiger partial charge in [0.1, 0.15) is 11.5 Å². The minimum atomic E-state index is -1.31. The number of aryl methyl sites for hydroxylation is 1. The van der Waals surface area contributed by atoms with E-state index in [1.54, 1.807) is 49.4 Å². The van der Waals surface area contributed by atoms with Crippen molar-refractivity contribution in [1.82, 2.24) is 10.1 Å².